The number of nitrogens with zero attached hydrogens (tertiary/aromatic N) is 3. The number of nitrogen functional groups attached to an aromatic ring is 1. The Labute approximate surface area is 105 Å². The summed E-state index contributed by atoms with van der Waals surface area (Å²) in [5.74, 6) is 1.42. The lowest BCUT2D eigenvalue weighted by molar-refractivity contribution is 0.274. The summed E-state index contributed by atoms with van der Waals surface area (Å²) in [5.41, 5.74) is 5.93. The van der Waals surface area contributed by atoms with Gasteiger partial charge in [0.25, 0.3) is 0 Å². The highest BCUT2D eigenvalue weighted by Crippen LogP contribution is 2.23. The van der Waals surface area contributed by atoms with Crippen LogP contribution in [0.3, 0.4) is 0 Å². The van der Waals surface area contributed by atoms with Gasteiger partial charge in [-0.2, -0.15) is 0 Å². The first-order chi connectivity index (χ1) is 8.24. The molecule has 0 spiro atoms. The Balaban J connectivity index is 2.23. The standard InChI is InChI=1S/C12H18N4S/c1-3-6-16(4-2)8-10-14-11(13)9-5-7-17-12(9)15-10/h5,7H,3-4,6,8H2,1-2H3,(H2,13,14,15). The predicted octanol–water partition coefficient (Wildman–Crippen LogP) is 2.51. The van der Waals surface area contributed by atoms with Crippen molar-refractivity contribution in [2.45, 2.75) is 26.8 Å². The van der Waals surface area contributed by atoms with Crippen LogP contribution in [0.1, 0.15) is 26.1 Å². The molecule has 0 radical (unpaired) electrons. The highest BCUT2D eigenvalue weighted by Gasteiger charge is 2.09. The quantitative estimate of drug-likeness (QED) is 0.886. The van der Waals surface area contributed by atoms with Crippen molar-refractivity contribution in [1.29, 1.82) is 0 Å². The highest BCUT2D eigenvalue weighted by atomic mass is 32.1. The number of nitrogens with two attached hydrogens (primary N) is 1. The fourth-order valence-corrected chi connectivity index (χ4v) is 2.65. The van der Waals surface area contributed by atoms with Crippen LogP contribution in [0.2, 0.25) is 0 Å². The van der Waals surface area contributed by atoms with Crippen molar-refractivity contribution in [3.63, 3.8) is 0 Å². The summed E-state index contributed by atoms with van der Waals surface area (Å²) >= 11 is 1.61. The molecule has 2 rings (SSSR count). The van der Waals surface area contributed by atoms with Gasteiger partial charge in [0.1, 0.15) is 16.5 Å². The lowest BCUT2D eigenvalue weighted by Gasteiger charge is -2.18. The van der Waals surface area contributed by atoms with Gasteiger partial charge >= 0.3 is 0 Å². The van der Waals surface area contributed by atoms with E-state index in [2.05, 4.69) is 28.7 Å². The molecule has 2 aromatic rings. The average Bonchev–Trinajstić information content (AvgIpc) is 2.77. The van der Waals surface area contributed by atoms with Crippen LogP contribution in [0.4, 0.5) is 5.82 Å². The Morgan fingerprint density at radius 2 is 2.18 bits per heavy atom. The molecule has 0 saturated heterocycles. The molecule has 0 fully saturated rings. The van der Waals surface area contributed by atoms with Crippen molar-refractivity contribution in [2.75, 3.05) is 18.8 Å². The molecule has 0 aliphatic rings. The lowest BCUT2D eigenvalue weighted by Crippen LogP contribution is -2.24. The van der Waals surface area contributed by atoms with Crippen molar-refractivity contribution >= 4 is 27.4 Å². The Morgan fingerprint density at radius 3 is 2.88 bits per heavy atom. The van der Waals surface area contributed by atoms with E-state index in [0.29, 0.717) is 5.82 Å². The molecule has 4 nitrogen and oxygen atoms in total. The first kappa shape index (κ1) is 12.3. The summed E-state index contributed by atoms with van der Waals surface area (Å²) in [4.78, 5) is 12.2. The molecule has 0 saturated carbocycles. The zero-order chi connectivity index (χ0) is 12.3. The number of thiophene rings is 1. The summed E-state index contributed by atoms with van der Waals surface area (Å²) in [6.45, 7) is 7.20. The van der Waals surface area contributed by atoms with Gasteiger partial charge < -0.3 is 5.73 Å². The zero-order valence-corrected chi connectivity index (χ0v) is 11.1. The lowest BCUT2D eigenvalue weighted by atomic mass is 10.3. The molecular weight excluding hydrogens is 232 g/mol. The molecule has 92 valence electrons. The van der Waals surface area contributed by atoms with Crippen LogP contribution in [0, 0.1) is 0 Å². The summed E-state index contributed by atoms with van der Waals surface area (Å²) in [6.07, 6.45) is 1.14. The van der Waals surface area contributed by atoms with Crippen LogP contribution in [0.25, 0.3) is 10.2 Å². The second-order valence-corrected chi connectivity index (χ2v) is 4.93. The number of hydrogen-bond acceptors (Lipinski definition) is 5. The molecule has 0 amide bonds. The third-order valence-electron chi connectivity index (χ3n) is 2.75. The van der Waals surface area contributed by atoms with E-state index in [1.165, 1.54) is 0 Å². The van der Waals surface area contributed by atoms with Crippen molar-refractivity contribution in [2.24, 2.45) is 0 Å². The summed E-state index contributed by atoms with van der Waals surface area (Å²) in [5, 5.41) is 2.97. The molecule has 0 unspecified atom stereocenters. The zero-order valence-electron chi connectivity index (χ0n) is 10.3. The monoisotopic (exact) mass is 250 g/mol. The molecule has 0 aromatic carbocycles. The number of fused-ring (bicyclic) bond motifs is 1. The fourth-order valence-electron chi connectivity index (χ4n) is 1.86. The fraction of sp³-hybridized carbons (Fsp3) is 0.500. The third-order valence-corrected chi connectivity index (χ3v) is 3.56. The Bertz CT molecular complexity index is 494. The van der Waals surface area contributed by atoms with Crippen molar-refractivity contribution in [3.05, 3.63) is 17.3 Å². The molecule has 0 bridgehead atoms. The molecule has 2 aromatic heterocycles. The van der Waals surface area contributed by atoms with Crippen LogP contribution in [-0.4, -0.2) is 28.0 Å². The molecule has 2 heterocycles. The predicted molar refractivity (Wildman–Crippen MR) is 73.1 cm³/mol. The van der Waals surface area contributed by atoms with Gasteiger partial charge in [-0.25, -0.2) is 9.97 Å². The van der Waals surface area contributed by atoms with E-state index in [9.17, 15) is 0 Å². The topological polar surface area (TPSA) is 55.0 Å². The Morgan fingerprint density at radius 1 is 1.35 bits per heavy atom. The van der Waals surface area contributed by atoms with Crippen LogP contribution in [0.5, 0.6) is 0 Å². The van der Waals surface area contributed by atoms with Crippen molar-refractivity contribution in [1.82, 2.24) is 14.9 Å². The second kappa shape index (κ2) is 5.42. The molecule has 17 heavy (non-hydrogen) atoms. The number of hydrogen-bond donors (Lipinski definition) is 1. The van der Waals surface area contributed by atoms with Crippen molar-refractivity contribution in [3.8, 4) is 0 Å². The Hall–Kier alpha value is -1.20. The molecule has 2 N–H and O–H groups in total. The van der Waals surface area contributed by atoms with Gasteiger partial charge in [-0.05, 0) is 31.0 Å². The van der Waals surface area contributed by atoms with Crippen LogP contribution < -0.4 is 5.73 Å². The molecule has 5 heteroatoms. The Kier molecular flexibility index (Phi) is 3.91. The van der Waals surface area contributed by atoms with Gasteiger partial charge in [0, 0.05) is 0 Å². The van der Waals surface area contributed by atoms with E-state index in [-0.39, 0.29) is 0 Å². The largest absolute Gasteiger partial charge is 0.383 e. The summed E-state index contributed by atoms with van der Waals surface area (Å²) < 4.78 is 0. The van der Waals surface area contributed by atoms with E-state index in [4.69, 9.17) is 5.73 Å². The van der Waals surface area contributed by atoms with E-state index < -0.39 is 0 Å². The number of rotatable bonds is 5. The first-order valence-electron chi connectivity index (χ1n) is 5.96. The second-order valence-electron chi connectivity index (χ2n) is 4.03. The maximum absolute atomic E-state index is 5.93. The molecule has 0 atom stereocenters. The van der Waals surface area contributed by atoms with Crippen LogP contribution >= 0.6 is 11.3 Å². The van der Waals surface area contributed by atoms with Gasteiger partial charge in [-0.3, -0.25) is 4.90 Å². The smallest absolute Gasteiger partial charge is 0.146 e. The van der Waals surface area contributed by atoms with Gasteiger partial charge in [-0.15, -0.1) is 11.3 Å². The van der Waals surface area contributed by atoms with Gasteiger partial charge in [0.15, 0.2) is 0 Å². The van der Waals surface area contributed by atoms with Crippen LogP contribution in [-0.2, 0) is 6.54 Å². The van der Waals surface area contributed by atoms with Gasteiger partial charge in [0.05, 0.1) is 11.9 Å². The van der Waals surface area contributed by atoms with E-state index in [0.717, 1.165) is 42.1 Å². The SMILES string of the molecule is CCCN(CC)Cc1nc(N)c2ccsc2n1. The molecule has 0 aliphatic carbocycles. The normalized spacial score (nSPS) is 11.5. The molecule has 0 aliphatic heterocycles. The summed E-state index contributed by atoms with van der Waals surface area (Å²) in [6, 6.07) is 1.97. The summed E-state index contributed by atoms with van der Waals surface area (Å²) in [7, 11) is 0. The molecular formula is C12H18N4S. The van der Waals surface area contributed by atoms with Crippen molar-refractivity contribution < 1.29 is 0 Å². The highest BCUT2D eigenvalue weighted by molar-refractivity contribution is 7.16. The minimum absolute atomic E-state index is 0.596. The van der Waals surface area contributed by atoms with Crippen LogP contribution in [0.15, 0.2) is 11.4 Å². The average molecular weight is 250 g/mol. The van der Waals surface area contributed by atoms with E-state index in [1.807, 2.05) is 11.4 Å². The minimum Gasteiger partial charge on any atom is -0.383 e. The maximum atomic E-state index is 5.93. The van der Waals surface area contributed by atoms with E-state index in [1.54, 1.807) is 11.3 Å². The van der Waals surface area contributed by atoms with E-state index >= 15 is 0 Å². The minimum atomic E-state index is 0.596. The third kappa shape index (κ3) is 2.73. The van der Waals surface area contributed by atoms with Gasteiger partial charge in [0.2, 0.25) is 0 Å². The number of anilines is 1. The number of aromatic nitrogens is 2. The first-order valence-corrected chi connectivity index (χ1v) is 6.84. The maximum Gasteiger partial charge on any atom is 0.146 e. The van der Waals surface area contributed by atoms with Gasteiger partial charge in [-0.1, -0.05) is 13.8 Å².